The van der Waals surface area contributed by atoms with Crippen LogP contribution in [0.3, 0.4) is 0 Å². The summed E-state index contributed by atoms with van der Waals surface area (Å²) < 4.78 is 38.1. The van der Waals surface area contributed by atoms with Crippen molar-refractivity contribution in [3.05, 3.63) is 81.8 Å². The van der Waals surface area contributed by atoms with Gasteiger partial charge in [-0.3, -0.25) is 9.35 Å². The molecule has 0 aliphatic rings. The Hall–Kier alpha value is -2.70. The number of amides is 1. The van der Waals surface area contributed by atoms with Crippen molar-refractivity contribution in [1.29, 1.82) is 0 Å². The van der Waals surface area contributed by atoms with Gasteiger partial charge in [-0.2, -0.15) is 18.6 Å². The van der Waals surface area contributed by atoms with E-state index in [1.54, 1.807) is 43.3 Å². The summed E-state index contributed by atoms with van der Waals surface area (Å²) in [5, 5.41) is 25.6. The summed E-state index contributed by atoms with van der Waals surface area (Å²) in [7, 11) is -4.55. The monoisotopic (exact) mass is 609 g/mol. The van der Waals surface area contributed by atoms with Crippen LogP contribution in [0.2, 0.25) is 10.0 Å². The van der Waals surface area contributed by atoms with Crippen molar-refractivity contribution in [2.24, 2.45) is 10.2 Å². The maximum Gasteiger partial charge on any atom is 1.00 e. The molecule has 0 aliphatic carbocycles. The van der Waals surface area contributed by atoms with Gasteiger partial charge in [-0.15, -0.1) is 0 Å². The molecule has 0 fully saturated rings. The number of carbonyl (C=O) groups excluding carboxylic acids is 1. The van der Waals surface area contributed by atoms with Crippen LogP contribution in [0.4, 0.5) is 17.1 Å². The van der Waals surface area contributed by atoms with Crippen LogP contribution in [0.25, 0.3) is 10.8 Å². The number of nitrogens with one attached hydrogen (secondary N) is 1. The minimum atomic E-state index is -4.55. The van der Waals surface area contributed by atoms with Crippen LogP contribution >= 0.6 is 23.2 Å². The number of hydrogen-bond acceptors (Lipinski definition) is 7. The van der Waals surface area contributed by atoms with Crippen LogP contribution in [-0.4, -0.2) is 25.5 Å². The molecule has 0 radical (unpaired) electrons. The number of halogens is 2. The van der Waals surface area contributed by atoms with Crippen molar-refractivity contribution in [3.63, 3.8) is 0 Å². The zero-order chi connectivity index (χ0) is 28.3. The quantitative estimate of drug-likeness (QED) is 0.175. The normalized spacial score (nSPS) is 11.4. The van der Waals surface area contributed by atoms with E-state index in [-0.39, 0.29) is 57.9 Å². The number of carbonyl (C=O) groups is 1. The van der Waals surface area contributed by atoms with E-state index >= 15 is 0 Å². The van der Waals surface area contributed by atoms with Crippen molar-refractivity contribution < 1.29 is 57.2 Å². The minimum Gasteiger partial charge on any atom is -0.870 e. The third-order valence-electron chi connectivity index (χ3n) is 5.78. The average Bonchev–Trinajstić information content (AvgIpc) is 2.88. The van der Waals surface area contributed by atoms with Gasteiger partial charge in [-0.05, 0) is 60.7 Å². The summed E-state index contributed by atoms with van der Waals surface area (Å²) in [4.78, 5) is 12.7. The molecule has 0 saturated heterocycles. The number of nitrogens with zero attached hydrogens (tertiary/aromatic N) is 2. The summed E-state index contributed by atoms with van der Waals surface area (Å²) in [6.45, 7) is 3.97. The van der Waals surface area contributed by atoms with Crippen LogP contribution < -0.4 is 44.7 Å². The van der Waals surface area contributed by atoms with E-state index in [4.69, 9.17) is 27.9 Å². The zero-order valence-corrected chi connectivity index (χ0v) is 26.1. The predicted octanol–water partition coefficient (Wildman–Crippen LogP) is 4.10. The summed E-state index contributed by atoms with van der Waals surface area (Å²) in [6, 6.07) is 15.5. The van der Waals surface area contributed by atoms with E-state index in [1.807, 2.05) is 6.92 Å². The van der Waals surface area contributed by atoms with Gasteiger partial charge >= 0.3 is 29.6 Å². The molecule has 0 bridgehead atoms. The summed E-state index contributed by atoms with van der Waals surface area (Å²) in [5.41, 5.74) is 0.638. The maximum atomic E-state index is 13.4. The van der Waals surface area contributed by atoms with Crippen LogP contribution in [-0.2, 0) is 16.5 Å². The third-order valence-corrected chi connectivity index (χ3v) is 7.52. The Bertz CT molecular complexity index is 1730. The summed E-state index contributed by atoms with van der Waals surface area (Å²) in [5.74, 6) is -0.867. The molecule has 0 aromatic heterocycles. The first kappa shape index (κ1) is 31.8. The molecule has 4 aromatic carbocycles. The van der Waals surface area contributed by atoms with Crippen molar-refractivity contribution in [1.82, 2.24) is 0 Å². The van der Waals surface area contributed by atoms with Crippen LogP contribution in [0.1, 0.15) is 29.8 Å². The standard InChI is InChI=1S/C27H23Cl2N3O6S.Na/c1-3-17-21(10-12-23(24(17)29)39(35,36)37)31-32-25-18-8-6-5-7-15(18)13-19(26(25)33)27(34)30-16-9-11-22(38-4-2)20(28)14-16;/h5-14,33H,3-4H2,1-2H3,(H,30,34)(H,35,36,37);/q;+1/p-1. The molecule has 202 valence electrons. The molecular weight excluding hydrogens is 588 g/mol. The maximum absolute atomic E-state index is 13.4. The topological polar surface area (TPSA) is 140 Å². The largest absolute Gasteiger partial charge is 1.00 e. The molecule has 13 heteroatoms. The van der Waals surface area contributed by atoms with Crippen molar-refractivity contribution >= 4 is 67.1 Å². The number of rotatable bonds is 8. The Labute approximate surface area is 263 Å². The van der Waals surface area contributed by atoms with Crippen LogP contribution in [0, 0.1) is 0 Å². The van der Waals surface area contributed by atoms with E-state index < -0.39 is 26.7 Å². The molecule has 0 aliphatic heterocycles. The van der Waals surface area contributed by atoms with E-state index in [0.29, 0.717) is 39.4 Å². The average molecular weight is 610 g/mol. The number of azo groups is 1. The summed E-state index contributed by atoms with van der Waals surface area (Å²) >= 11 is 12.4. The molecule has 40 heavy (non-hydrogen) atoms. The number of fused-ring (bicyclic) bond motifs is 1. The predicted molar refractivity (Wildman–Crippen MR) is 149 cm³/mol. The molecule has 0 heterocycles. The van der Waals surface area contributed by atoms with Crippen LogP contribution in [0.5, 0.6) is 11.5 Å². The first-order chi connectivity index (χ1) is 18.5. The van der Waals surface area contributed by atoms with Crippen LogP contribution in [0.15, 0.2) is 75.8 Å². The number of benzene rings is 4. The van der Waals surface area contributed by atoms with Gasteiger partial charge in [0.1, 0.15) is 10.6 Å². The fourth-order valence-corrected chi connectivity index (χ4v) is 5.36. The van der Waals surface area contributed by atoms with Gasteiger partial charge in [0.05, 0.1) is 28.0 Å². The third kappa shape index (κ3) is 6.77. The number of hydrogen-bond donors (Lipinski definition) is 2. The molecule has 0 unspecified atom stereocenters. The minimum absolute atomic E-state index is 0. The molecule has 9 nitrogen and oxygen atoms in total. The van der Waals surface area contributed by atoms with Crippen molar-refractivity contribution in [2.45, 2.75) is 25.2 Å². The molecular formula is C27H22Cl2N3NaO6S. The van der Waals surface area contributed by atoms with E-state index in [2.05, 4.69) is 15.5 Å². The molecule has 0 atom stereocenters. The Balaban J connectivity index is 0.00000441. The zero-order valence-electron chi connectivity index (χ0n) is 21.7. The van der Waals surface area contributed by atoms with E-state index in [9.17, 15) is 22.9 Å². The SMILES string of the molecule is CCOc1ccc(NC(=O)c2cc3ccccc3c(N=Nc3ccc(S(=O)(=O)O)c(Cl)c3CC)c2[O-])cc1Cl.[Na+]. The number of anilines is 1. The smallest absolute Gasteiger partial charge is 0.870 e. The first-order valence-electron chi connectivity index (χ1n) is 11.7. The van der Waals surface area contributed by atoms with Gasteiger partial charge < -0.3 is 15.2 Å². The summed E-state index contributed by atoms with van der Waals surface area (Å²) in [6.07, 6.45) is 0.272. The second-order valence-electron chi connectivity index (χ2n) is 8.26. The van der Waals surface area contributed by atoms with Crippen molar-refractivity contribution in [2.75, 3.05) is 11.9 Å². The molecule has 4 aromatic rings. The van der Waals surface area contributed by atoms with Crippen molar-refractivity contribution in [3.8, 4) is 11.5 Å². The fourth-order valence-electron chi connectivity index (χ4n) is 3.95. The van der Waals surface area contributed by atoms with Gasteiger partial charge in [-0.1, -0.05) is 60.1 Å². The van der Waals surface area contributed by atoms with E-state index in [1.165, 1.54) is 18.2 Å². The molecule has 2 N–H and O–H groups in total. The van der Waals surface area contributed by atoms with Gasteiger partial charge in [0.25, 0.3) is 16.0 Å². The second kappa shape index (κ2) is 13.3. The molecule has 1 amide bonds. The molecule has 4 rings (SSSR count). The Kier molecular flexibility index (Phi) is 10.6. The second-order valence-corrected chi connectivity index (χ2v) is 10.4. The molecule has 0 saturated carbocycles. The van der Waals surface area contributed by atoms with E-state index in [0.717, 1.165) is 6.07 Å². The Morgan fingerprint density at radius 2 is 1.77 bits per heavy atom. The molecule has 0 spiro atoms. The van der Waals surface area contributed by atoms with Gasteiger partial charge in [-0.25, -0.2) is 0 Å². The Morgan fingerprint density at radius 1 is 1.05 bits per heavy atom. The first-order valence-corrected chi connectivity index (χ1v) is 13.9. The van der Waals surface area contributed by atoms with Gasteiger partial charge in [0, 0.05) is 16.6 Å². The Morgan fingerprint density at radius 3 is 2.42 bits per heavy atom. The fraction of sp³-hybridized carbons (Fsp3) is 0.148. The van der Waals surface area contributed by atoms with Gasteiger partial charge in [0.2, 0.25) is 0 Å². The number of ether oxygens (including phenoxy) is 1. The van der Waals surface area contributed by atoms with Gasteiger partial charge in [0.15, 0.2) is 0 Å².